The maximum Gasteiger partial charge on any atom is 0.0840 e. The maximum absolute atomic E-state index is 9.99. The molecule has 0 aliphatic heterocycles. The zero-order valence-corrected chi connectivity index (χ0v) is 11.0. The van der Waals surface area contributed by atoms with Gasteiger partial charge in [0.2, 0.25) is 0 Å². The first-order valence-electron chi connectivity index (χ1n) is 6.14. The molecule has 0 atom stereocenters. The summed E-state index contributed by atoms with van der Waals surface area (Å²) in [5.41, 5.74) is 1.54. The van der Waals surface area contributed by atoms with Crippen molar-refractivity contribution in [2.24, 2.45) is 0 Å². The summed E-state index contributed by atoms with van der Waals surface area (Å²) in [4.78, 5) is 0. The van der Waals surface area contributed by atoms with Crippen molar-refractivity contribution in [2.45, 2.75) is 39.2 Å². The molecule has 1 heteroatoms. The molecule has 2 aromatic rings. The van der Waals surface area contributed by atoms with Crippen molar-refractivity contribution in [2.75, 3.05) is 0 Å². The molecular formula is C16H20O. The minimum atomic E-state index is -0.773. The highest BCUT2D eigenvalue weighted by atomic mass is 16.3. The van der Waals surface area contributed by atoms with E-state index in [1.807, 2.05) is 19.9 Å². The van der Waals surface area contributed by atoms with Gasteiger partial charge in [-0.1, -0.05) is 44.2 Å². The van der Waals surface area contributed by atoms with E-state index in [2.05, 4.69) is 44.2 Å². The number of hydrogen-bond acceptors (Lipinski definition) is 1. The molecule has 0 aliphatic carbocycles. The van der Waals surface area contributed by atoms with Gasteiger partial charge in [-0.05, 0) is 47.7 Å². The van der Waals surface area contributed by atoms with Crippen LogP contribution in [0.25, 0.3) is 10.8 Å². The van der Waals surface area contributed by atoms with Crippen molar-refractivity contribution >= 4 is 10.8 Å². The van der Waals surface area contributed by atoms with Crippen molar-refractivity contribution in [1.82, 2.24) is 0 Å². The highest BCUT2D eigenvalue weighted by molar-refractivity contribution is 5.84. The van der Waals surface area contributed by atoms with Crippen LogP contribution in [0.5, 0.6) is 0 Å². The Labute approximate surface area is 103 Å². The number of rotatable bonds is 2. The van der Waals surface area contributed by atoms with Gasteiger partial charge in [0.15, 0.2) is 0 Å². The maximum atomic E-state index is 9.99. The van der Waals surface area contributed by atoms with Gasteiger partial charge in [0, 0.05) is 0 Å². The van der Waals surface area contributed by atoms with E-state index < -0.39 is 5.60 Å². The average molecular weight is 228 g/mol. The third kappa shape index (κ3) is 2.50. The Morgan fingerprint density at radius 2 is 1.53 bits per heavy atom. The summed E-state index contributed by atoms with van der Waals surface area (Å²) in [5, 5.41) is 12.4. The smallest absolute Gasteiger partial charge is 0.0840 e. The van der Waals surface area contributed by atoms with Crippen LogP contribution in [0.15, 0.2) is 36.4 Å². The molecule has 0 heterocycles. The van der Waals surface area contributed by atoms with Crippen LogP contribution in [0, 0.1) is 0 Å². The topological polar surface area (TPSA) is 20.2 Å². The van der Waals surface area contributed by atoms with Crippen LogP contribution in [0.1, 0.15) is 44.7 Å². The van der Waals surface area contributed by atoms with Gasteiger partial charge >= 0.3 is 0 Å². The van der Waals surface area contributed by atoms with E-state index >= 15 is 0 Å². The summed E-state index contributed by atoms with van der Waals surface area (Å²) in [6.45, 7) is 8.03. The van der Waals surface area contributed by atoms with Crippen LogP contribution in [-0.2, 0) is 5.60 Å². The molecule has 17 heavy (non-hydrogen) atoms. The Hall–Kier alpha value is -1.34. The Morgan fingerprint density at radius 3 is 2.12 bits per heavy atom. The molecule has 0 unspecified atom stereocenters. The fourth-order valence-corrected chi connectivity index (χ4v) is 2.00. The summed E-state index contributed by atoms with van der Waals surface area (Å²) < 4.78 is 0. The van der Waals surface area contributed by atoms with Gasteiger partial charge in [0.05, 0.1) is 5.60 Å². The number of fused-ring (bicyclic) bond motifs is 1. The van der Waals surface area contributed by atoms with Crippen LogP contribution in [0.2, 0.25) is 0 Å². The number of hydrogen-bond donors (Lipinski definition) is 1. The van der Waals surface area contributed by atoms with E-state index in [1.54, 1.807) is 0 Å². The highest BCUT2D eigenvalue weighted by Gasteiger charge is 2.15. The lowest BCUT2D eigenvalue weighted by atomic mass is 9.93. The molecule has 1 nitrogen and oxygen atoms in total. The largest absolute Gasteiger partial charge is 0.386 e. The van der Waals surface area contributed by atoms with Crippen LogP contribution in [-0.4, -0.2) is 5.11 Å². The van der Waals surface area contributed by atoms with Crippen molar-refractivity contribution in [1.29, 1.82) is 0 Å². The van der Waals surface area contributed by atoms with E-state index in [0.29, 0.717) is 5.92 Å². The number of benzene rings is 2. The molecule has 90 valence electrons. The lowest BCUT2D eigenvalue weighted by molar-refractivity contribution is 0.0787. The van der Waals surface area contributed by atoms with Crippen molar-refractivity contribution < 1.29 is 5.11 Å². The van der Waals surface area contributed by atoms with Gasteiger partial charge in [-0.3, -0.25) is 0 Å². The quantitative estimate of drug-likeness (QED) is 0.817. The van der Waals surface area contributed by atoms with Crippen molar-refractivity contribution in [3.63, 3.8) is 0 Å². The highest BCUT2D eigenvalue weighted by Crippen LogP contribution is 2.26. The van der Waals surface area contributed by atoms with Crippen LogP contribution in [0.4, 0.5) is 0 Å². The molecule has 2 rings (SSSR count). The molecular weight excluding hydrogens is 208 g/mol. The second-order valence-electron chi connectivity index (χ2n) is 5.54. The molecule has 0 aromatic heterocycles. The van der Waals surface area contributed by atoms with Crippen LogP contribution in [0.3, 0.4) is 0 Å². The van der Waals surface area contributed by atoms with Gasteiger partial charge < -0.3 is 5.11 Å². The van der Waals surface area contributed by atoms with Crippen molar-refractivity contribution in [3.05, 3.63) is 47.5 Å². The lowest BCUT2D eigenvalue weighted by Gasteiger charge is -2.18. The van der Waals surface area contributed by atoms with E-state index in [1.165, 1.54) is 16.3 Å². The molecule has 2 aromatic carbocycles. The second kappa shape index (κ2) is 4.15. The fraction of sp³-hybridized carbons (Fsp3) is 0.375. The SMILES string of the molecule is CC(C)c1ccc2cc(C(C)(C)O)ccc2c1. The monoisotopic (exact) mass is 228 g/mol. The third-order valence-electron chi connectivity index (χ3n) is 3.24. The van der Waals surface area contributed by atoms with Gasteiger partial charge in [0.1, 0.15) is 0 Å². The molecule has 0 aliphatic rings. The summed E-state index contributed by atoms with van der Waals surface area (Å²) in [5.74, 6) is 0.549. The first-order chi connectivity index (χ1) is 7.88. The summed E-state index contributed by atoms with van der Waals surface area (Å²) in [6.07, 6.45) is 0. The Morgan fingerprint density at radius 1 is 0.941 bits per heavy atom. The average Bonchev–Trinajstić information content (AvgIpc) is 2.26. The van der Waals surface area contributed by atoms with Gasteiger partial charge in [-0.25, -0.2) is 0 Å². The molecule has 0 saturated heterocycles. The molecule has 1 N–H and O–H groups in total. The normalized spacial score (nSPS) is 12.4. The fourth-order valence-electron chi connectivity index (χ4n) is 2.00. The Kier molecular flexibility index (Phi) is 2.96. The Balaban J connectivity index is 2.54. The minimum Gasteiger partial charge on any atom is -0.386 e. The van der Waals surface area contributed by atoms with Crippen LogP contribution >= 0.6 is 0 Å². The Bertz CT molecular complexity index is 533. The van der Waals surface area contributed by atoms with E-state index in [4.69, 9.17) is 0 Å². The summed E-state index contributed by atoms with van der Waals surface area (Å²) in [7, 11) is 0. The van der Waals surface area contributed by atoms with E-state index in [9.17, 15) is 5.11 Å². The predicted octanol–water partition coefficient (Wildman–Crippen LogP) is 4.19. The second-order valence-corrected chi connectivity index (χ2v) is 5.54. The predicted molar refractivity (Wildman–Crippen MR) is 73.3 cm³/mol. The zero-order valence-electron chi connectivity index (χ0n) is 11.0. The first-order valence-corrected chi connectivity index (χ1v) is 6.14. The standard InChI is InChI=1S/C16H20O/c1-11(2)12-5-6-14-10-15(16(3,4)17)8-7-13(14)9-12/h5-11,17H,1-4H3. The van der Waals surface area contributed by atoms with Crippen LogP contribution < -0.4 is 0 Å². The zero-order chi connectivity index (χ0) is 12.6. The summed E-state index contributed by atoms with van der Waals surface area (Å²) in [6, 6.07) is 12.7. The van der Waals surface area contributed by atoms with E-state index in [-0.39, 0.29) is 0 Å². The first kappa shape index (κ1) is 12.1. The molecule has 0 amide bonds. The van der Waals surface area contributed by atoms with Gasteiger partial charge in [0.25, 0.3) is 0 Å². The minimum absolute atomic E-state index is 0.549. The van der Waals surface area contributed by atoms with E-state index in [0.717, 1.165) is 5.56 Å². The van der Waals surface area contributed by atoms with Gasteiger partial charge in [-0.2, -0.15) is 0 Å². The molecule has 0 fully saturated rings. The number of aliphatic hydroxyl groups is 1. The third-order valence-corrected chi connectivity index (χ3v) is 3.24. The molecule has 0 radical (unpaired) electrons. The molecule has 0 spiro atoms. The summed E-state index contributed by atoms with van der Waals surface area (Å²) >= 11 is 0. The van der Waals surface area contributed by atoms with Crippen molar-refractivity contribution in [3.8, 4) is 0 Å². The lowest BCUT2D eigenvalue weighted by Crippen LogP contribution is -2.14. The molecule has 0 bridgehead atoms. The molecule has 0 saturated carbocycles. The van der Waals surface area contributed by atoms with Gasteiger partial charge in [-0.15, -0.1) is 0 Å².